The monoisotopic (exact) mass is 1190 g/mol. The first-order valence-corrected chi connectivity index (χ1v) is 31.7. The lowest BCUT2D eigenvalue weighted by Crippen LogP contribution is -1.87. The summed E-state index contributed by atoms with van der Waals surface area (Å²) in [5, 5.41) is 25.5. The molecule has 0 aromatic heterocycles. The summed E-state index contributed by atoms with van der Waals surface area (Å²) in [4.78, 5) is 0. The molecule has 90 heavy (non-hydrogen) atoms. The Morgan fingerprint density at radius 2 is 0.356 bits per heavy atom. The van der Waals surface area contributed by atoms with Gasteiger partial charge >= 0.3 is 0 Å². The van der Waals surface area contributed by atoms with E-state index >= 15 is 0 Å². The molecular formula is C86H90O4. The SMILES string of the molecule is CCc1ccccc1.CCc1ccccc1.CCc1ccccc1.CCc1ccccc1.CCc1ccccc1.CCc1ccccc1.CCc1ccccc1.Oc1ccc2ccc(Oc3ccc4ccc(Oc5ccc6ccc(O)cc6c5)cc4c3)cc2c1. The molecule has 0 unspecified atom stereocenters. The second kappa shape index (κ2) is 40.3. The van der Waals surface area contributed by atoms with Gasteiger partial charge < -0.3 is 19.7 Å². The van der Waals surface area contributed by atoms with E-state index in [-0.39, 0.29) is 11.5 Å². The summed E-state index contributed by atoms with van der Waals surface area (Å²) in [6.45, 7) is 15.1. The van der Waals surface area contributed by atoms with E-state index < -0.39 is 0 Å². The predicted octanol–water partition coefficient (Wildman–Crippen LogP) is 23.9. The summed E-state index contributed by atoms with van der Waals surface area (Å²) >= 11 is 0. The van der Waals surface area contributed by atoms with Crippen molar-refractivity contribution in [3.8, 4) is 34.5 Å². The number of aromatic hydroxyl groups is 2. The molecule has 0 heterocycles. The van der Waals surface area contributed by atoms with Crippen molar-refractivity contribution in [3.63, 3.8) is 0 Å². The van der Waals surface area contributed by atoms with Crippen LogP contribution < -0.4 is 9.47 Å². The van der Waals surface area contributed by atoms with Crippen LogP contribution in [0.4, 0.5) is 0 Å². The van der Waals surface area contributed by atoms with Gasteiger partial charge in [-0.3, -0.25) is 0 Å². The number of fused-ring (bicyclic) bond motifs is 3. The number of benzene rings is 13. The molecule has 4 nitrogen and oxygen atoms in total. The third-order valence-electron chi connectivity index (χ3n) is 14.6. The van der Waals surface area contributed by atoms with Gasteiger partial charge in [-0.1, -0.05) is 297 Å². The van der Waals surface area contributed by atoms with E-state index in [2.05, 4.69) is 218 Å². The minimum atomic E-state index is 0.228. The van der Waals surface area contributed by atoms with Crippen molar-refractivity contribution in [2.75, 3.05) is 0 Å². The average molecular weight is 1190 g/mol. The smallest absolute Gasteiger partial charge is 0.128 e. The van der Waals surface area contributed by atoms with Crippen molar-refractivity contribution < 1.29 is 19.7 Å². The standard InChI is InChI=1S/C30H20O4.7C8H10/c31-25-7-1-19-3-9-27(15-22(19)13-25)33-29-11-5-21-6-12-30(18-24(21)17-29)34-28-10-4-20-2-8-26(32)14-23(20)16-28;7*1-2-8-6-4-3-5-7-8/h1-18,31-32H;7*3-7H,2H2,1H3. The van der Waals surface area contributed by atoms with Crippen LogP contribution in [0.1, 0.15) is 87.4 Å². The number of phenols is 2. The molecule has 0 bridgehead atoms. The molecule has 13 aromatic carbocycles. The molecule has 0 aliphatic heterocycles. The third-order valence-corrected chi connectivity index (χ3v) is 14.6. The van der Waals surface area contributed by atoms with E-state index in [1.54, 1.807) is 24.3 Å². The first-order valence-electron chi connectivity index (χ1n) is 31.7. The van der Waals surface area contributed by atoms with E-state index in [1.165, 1.54) is 38.9 Å². The Labute approximate surface area is 537 Å². The Morgan fingerprint density at radius 3 is 0.522 bits per heavy atom. The van der Waals surface area contributed by atoms with E-state index in [4.69, 9.17) is 9.47 Å². The summed E-state index contributed by atoms with van der Waals surface area (Å²) in [6.07, 6.45) is 7.98. The molecule has 0 spiro atoms. The summed E-state index contributed by atoms with van der Waals surface area (Å²) < 4.78 is 12.2. The quantitative estimate of drug-likeness (QED) is 0.135. The molecule has 0 saturated heterocycles. The van der Waals surface area contributed by atoms with Gasteiger partial charge in [0.1, 0.15) is 34.5 Å². The summed E-state index contributed by atoms with van der Waals surface area (Å²) in [5.41, 5.74) is 9.87. The molecule has 0 aliphatic carbocycles. The molecule has 0 aliphatic rings. The molecule has 0 saturated carbocycles. The van der Waals surface area contributed by atoms with Crippen LogP contribution in [0.5, 0.6) is 34.5 Å². The largest absolute Gasteiger partial charge is 0.508 e. The highest BCUT2D eigenvalue weighted by molar-refractivity contribution is 5.87. The number of hydrogen-bond acceptors (Lipinski definition) is 4. The van der Waals surface area contributed by atoms with Gasteiger partial charge in [-0.25, -0.2) is 0 Å². The normalized spacial score (nSPS) is 9.90. The number of phenolic OH excluding ortho intramolecular Hbond substituents is 2. The minimum Gasteiger partial charge on any atom is -0.508 e. The van der Waals surface area contributed by atoms with Crippen LogP contribution in [0.3, 0.4) is 0 Å². The zero-order valence-corrected chi connectivity index (χ0v) is 53.8. The van der Waals surface area contributed by atoms with Crippen LogP contribution in [0.2, 0.25) is 0 Å². The van der Waals surface area contributed by atoms with E-state index in [9.17, 15) is 10.2 Å². The highest BCUT2D eigenvalue weighted by Crippen LogP contribution is 2.33. The van der Waals surface area contributed by atoms with Gasteiger partial charge in [0.05, 0.1) is 0 Å². The maximum absolute atomic E-state index is 9.76. The van der Waals surface area contributed by atoms with Gasteiger partial charge in [0.15, 0.2) is 0 Å². The number of aryl methyl sites for hydroxylation is 7. The number of hydrogen-bond donors (Lipinski definition) is 2. The molecule has 0 atom stereocenters. The first-order chi connectivity index (χ1) is 44.1. The summed E-state index contributed by atoms with van der Waals surface area (Å²) in [6, 6.07) is 107. The second-order valence-corrected chi connectivity index (χ2v) is 21.1. The van der Waals surface area contributed by atoms with Gasteiger partial charge in [0.25, 0.3) is 0 Å². The van der Waals surface area contributed by atoms with Crippen molar-refractivity contribution in [2.45, 2.75) is 93.4 Å². The highest BCUT2D eigenvalue weighted by atomic mass is 16.5. The lowest BCUT2D eigenvalue weighted by molar-refractivity contribution is 0.475. The fraction of sp³-hybridized carbons (Fsp3) is 0.163. The molecular weight excluding hydrogens is 1100 g/mol. The summed E-state index contributed by atoms with van der Waals surface area (Å²) in [5.74, 6) is 3.28. The van der Waals surface area contributed by atoms with Gasteiger partial charge in [-0.05, 0) is 189 Å². The Kier molecular flexibility index (Phi) is 30.9. The highest BCUT2D eigenvalue weighted by Gasteiger charge is 2.06. The van der Waals surface area contributed by atoms with Gasteiger partial charge in [-0.2, -0.15) is 0 Å². The first kappa shape index (κ1) is 68.9. The summed E-state index contributed by atoms with van der Waals surface area (Å²) in [7, 11) is 0. The fourth-order valence-corrected chi connectivity index (χ4v) is 9.15. The molecule has 0 radical (unpaired) electrons. The van der Waals surface area contributed by atoms with E-state index in [1.807, 2.05) is 127 Å². The average Bonchev–Trinajstić information content (AvgIpc) is 3.69. The molecule has 458 valence electrons. The lowest BCUT2D eigenvalue weighted by atomic mass is 10.1. The van der Waals surface area contributed by atoms with Gasteiger partial charge in [-0.15, -0.1) is 0 Å². The van der Waals surface area contributed by atoms with Crippen molar-refractivity contribution in [1.29, 1.82) is 0 Å². The molecule has 2 N–H and O–H groups in total. The zero-order valence-electron chi connectivity index (χ0n) is 53.8. The van der Waals surface area contributed by atoms with E-state index in [0.29, 0.717) is 23.0 Å². The second-order valence-electron chi connectivity index (χ2n) is 21.1. The van der Waals surface area contributed by atoms with Crippen LogP contribution in [-0.4, -0.2) is 10.2 Å². The fourth-order valence-electron chi connectivity index (χ4n) is 9.15. The lowest BCUT2D eigenvalue weighted by Gasteiger charge is -2.10. The van der Waals surface area contributed by atoms with E-state index in [0.717, 1.165) is 77.3 Å². The molecule has 13 rings (SSSR count). The maximum atomic E-state index is 9.76. The molecule has 4 heteroatoms. The molecule has 13 aromatic rings. The molecule has 0 amide bonds. The van der Waals surface area contributed by atoms with Crippen LogP contribution >= 0.6 is 0 Å². The minimum absolute atomic E-state index is 0.228. The Hall–Kier alpha value is -10.2. The van der Waals surface area contributed by atoms with Crippen molar-refractivity contribution in [2.24, 2.45) is 0 Å². The topological polar surface area (TPSA) is 58.9 Å². The Morgan fingerprint density at radius 1 is 0.189 bits per heavy atom. The molecule has 0 fully saturated rings. The van der Waals surface area contributed by atoms with Crippen LogP contribution in [0.25, 0.3) is 32.3 Å². The van der Waals surface area contributed by atoms with Crippen molar-refractivity contribution in [3.05, 3.63) is 360 Å². The third kappa shape index (κ3) is 25.7. The van der Waals surface area contributed by atoms with Crippen molar-refractivity contribution >= 4 is 32.3 Å². The number of rotatable bonds is 11. The van der Waals surface area contributed by atoms with Crippen LogP contribution in [0.15, 0.2) is 322 Å². The van der Waals surface area contributed by atoms with Gasteiger partial charge in [0, 0.05) is 0 Å². The number of ether oxygens (including phenoxy) is 2. The maximum Gasteiger partial charge on any atom is 0.128 e. The Bertz CT molecular complexity index is 3480. The Balaban J connectivity index is 0.000000187. The van der Waals surface area contributed by atoms with Crippen molar-refractivity contribution in [1.82, 2.24) is 0 Å². The predicted molar refractivity (Wildman–Crippen MR) is 386 cm³/mol. The van der Waals surface area contributed by atoms with Gasteiger partial charge in [0.2, 0.25) is 0 Å². The van der Waals surface area contributed by atoms with Crippen LogP contribution in [-0.2, 0) is 44.9 Å². The van der Waals surface area contributed by atoms with Crippen LogP contribution in [0, 0.1) is 0 Å². The zero-order chi connectivity index (χ0) is 63.8.